The van der Waals surface area contributed by atoms with Crippen LogP contribution >= 0.6 is 0 Å². The predicted molar refractivity (Wildman–Crippen MR) is 83.9 cm³/mol. The zero-order valence-corrected chi connectivity index (χ0v) is 13.7. The van der Waals surface area contributed by atoms with E-state index in [9.17, 15) is 0 Å². The van der Waals surface area contributed by atoms with E-state index in [-0.39, 0.29) is 11.2 Å². The maximum atomic E-state index is 6.26. The van der Waals surface area contributed by atoms with Crippen LogP contribution in [0.3, 0.4) is 0 Å². The molecular formula is C19H30O2. The molecule has 4 aliphatic rings. The lowest BCUT2D eigenvalue weighted by Crippen LogP contribution is -2.62. The van der Waals surface area contributed by atoms with E-state index >= 15 is 0 Å². The Morgan fingerprint density at radius 1 is 1.00 bits per heavy atom. The van der Waals surface area contributed by atoms with Gasteiger partial charge in [0.05, 0.1) is 13.2 Å². The van der Waals surface area contributed by atoms with Crippen molar-refractivity contribution in [3.05, 3.63) is 12.2 Å². The predicted octanol–water partition coefficient (Wildman–Crippen LogP) is 4.69. The van der Waals surface area contributed by atoms with Crippen LogP contribution < -0.4 is 0 Å². The highest BCUT2D eigenvalue weighted by Crippen LogP contribution is 2.68. The number of fused-ring (bicyclic) bond motifs is 4. The first-order chi connectivity index (χ1) is 10.0. The largest absolute Gasteiger partial charge is 0.347 e. The highest BCUT2D eigenvalue weighted by atomic mass is 16.7. The van der Waals surface area contributed by atoms with Gasteiger partial charge in [0.25, 0.3) is 0 Å². The van der Waals surface area contributed by atoms with Gasteiger partial charge in [0, 0.05) is 11.8 Å². The van der Waals surface area contributed by atoms with E-state index in [1.807, 2.05) is 0 Å². The summed E-state index contributed by atoms with van der Waals surface area (Å²) < 4.78 is 12.5. The standard InChI is InChI=1S/C19H30O2/c1-14-6-4-9-17(2)15(14)8-11-18(3)16(17)7-5-10-19(18)20-12-13-21-19/h15-16H,1,4-13H2,2-3H3/t15-,16+,17-,18+/m0/s1. The van der Waals surface area contributed by atoms with Crippen molar-refractivity contribution in [3.8, 4) is 0 Å². The highest BCUT2D eigenvalue weighted by molar-refractivity contribution is 5.19. The van der Waals surface area contributed by atoms with Crippen LogP contribution in [0.4, 0.5) is 0 Å². The topological polar surface area (TPSA) is 18.5 Å². The fraction of sp³-hybridized carbons (Fsp3) is 0.895. The van der Waals surface area contributed by atoms with Gasteiger partial charge in [-0.1, -0.05) is 26.0 Å². The van der Waals surface area contributed by atoms with Gasteiger partial charge in [0.1, 0.15) is 0 Å². The van der Waals surface area contributed by atoms with Crippen molar-refractivity contribution in [3.63, 3.8) is 0 Å². The van der Waals surface area contributed by atoms with Crippen LogP contribution in [-0.2, 0) is 9.47 Å². The Kier molecular flexibility index (Phi) is 3.11. The molecule has 3 saturated carbocycles. The van der Waals surface area contributed by atoms with E-state index in [4.69, 9.17) is 9.47 Å². The molecule has 4 rings (SSSR count). The first-order valence-corrected chi connectivity index (χ1v) is 8.97. The monoisotopic (exact) mass is 290 g/mol. The molecule has 1 saturated heterocycles. The Bertz CT molecular complexity index is 450. The van der Waals surface area contributed by atoms with Gasteiger partial charge in [0.2, 0.25) is 0 Å². The molecule has 0 unspecified atom stereocenters. The van der Waals surface area contributed by atoms with E-state index in [0.29, 0.717) is 5.41 Å². The average molecular weight is 290 g/mol. The number of rotatable bonds is 0. The summed E-state index contributed by atoms with van der Waals surface area (Å²) >= 11 is 0. The van der Waals surface area contributed by atoms with E-state index < -0.39 is 0 Å². The molecule has 2 nitrogen and oxygen atoms in total. The van der Waals surface area contributed by atoms with Gasteiger partial charge >= 0.3 is 0 Å². The Morgan fingerprint density at radius 2 is 1.76 bits per heavy atom. The Hall–Kier alpha value is -0.340. The van der Waals surface area contributed by atoms with E-state index in [1.165, 1.54) is 50.5 Å². The lowest BCUT2D eigenvalue weighted by atomic mass is 9.43. The molecular weight excluding hydrogens is 260 g/mol. The van der Waals surface area contributed by atoms with Gasteiger partial charge in [-0.15, -0.1) is 0 Å². The lowest BCUT2D eigenvalue weighted by molar-refractivity contribution is -0.298. The molecule has 0 radical (unpaired) electrons. The summed E-state index contributed by atoms with van der Waals surface area (Å²) in [4.78, 5) is 0. The van der Waals surface area contributed by atoms with E-state index in [2.05, 4.69) is 20.4 Å². The average Bonchev–Trinajstić information content (AvgIpc) is 2.91. The van der Waals surface area contributed by atoms with Crippen molar-refractivity contribution >= 4 is 0 Å². The highest BCUT2D eigenvalue weighted by Gasteiger charge is 2.65. The maximum Gasteiger partial charge on any atom is 0.174 e. The molecule has 1 aliphatic heterocycles. The molecule has 4 atom stereocenters. The molecule has 1 spiro atoms. The lowest BCUT2D eigenvalue weighted by Gasteiger charge is -2.64. The molecule has 0 aromatic rings. The van der Waals surface area contributed by atoms with Crippen molar-refractivity contribution in [1.29, 1.82) is 0 Å². The van der Waals surface area contributed by atoms with E-state index in [0.717, 1.165) is 31.5 Å². The Morgan fingerprint density at radius 3 is 2.52 bits per heavy atom. The van der Waals surface area contributed by atoms with Crippen molar-refractivity contribution in [2.45, 2.75) is 71.0 Å². The smallest absolute Gasteiger partial charge is 0.174 e. The maximum absolute atomic E-state index is 6.26. The summed E-state index contributed by atoms with van der Waals surface area (Å²) in [5.41, 5.74) is 2.15. The minimum Gasteiger partial charge on any atom is -0.347 e. The fourth-order valence-electron chi connectivity index (χ4n) is 6.67. The molecule has 0 amide bonds. The van der Waals surface area contributed by atoms with Crippen molar-refractivity contribution < 1.29 is 9.47 Å². The summed E-state index contributed by atoms with van der Waals surface area (Å²) in [6.07, 6.45) is 10.2. The zero-order valence-electron chi connectivity index (χ0n) is 13.7. The molecule has 1 heterocycles. The fourth-order valence-corrected chi connectivity index (χ4v) is 6.67. The molecule has 4 fully saturated rings. The summed E-state index contributed by atoms with van der Waals surface area (Å²) in [5, 5.41) is 0. The third kappa shape index (κ3) is 1.72. The van der Waals surface area contributed by atoms with Crippen LogP contribution in [0.25, 0.3) is 0 Å². The molecule has 118 valence electrons. The summed E-state index contributed by atoms with van der Waals surface area (Å²) in [7, 11) is 0. The van der Waals surface area contributed by atoms with Crippen LogP contribution in [0.5, 0.6) is 0 Å². The number of hydrogen-bond donors (Lipinski definition) is 0. The van der Waals surface area contributed by atoms with Crippen LogP contribution in [0.1, 0.15) is 65.2 Å². The van der Waals surface area contributed by atoms with Crippen molar-refractivity contribution in [2.24, 2.45) is 22.7 Å². The molecule has 21 heavy (non-hydrogen) atoms. The van der Waals surface area contributed by atoms with Gasteiger partial charge < -0.3 is 9.47 Å². The van der Waals surface area contributed by atoms with Gasteiger partial charge in [-0.3, -0.25) is 0 Å². The van der Waals surface area contributed by atoms with Crippen LogP contribution in [0.2, 0.25) is 0 Å². The number of ether oxygens (including phenoxy) is 2. The SMILES string of the molecule is C=C1CCC[C@]2(C)[C@H]3CCCC4(OCCO4)[C@]3(C)CC[C@@H]12. The molecule has 0 N–H and O–H groups in total. The minimum absolute atomic E-state index is 0.199. The van der Waals surface area contributed by atoms with Crippen molar-refractivity contribution in [2.75, 3.05) is 13.2 Å². The zero-order chi connectivity index (χ0) is 14.7. The Balaban J connectivity index is 1.75. The quantitative estimate of drug-likeness (QED) is 0.602. The second kappa shape index (κ2) is 4.58. The second-order valence-corrected chi connectivity index (χ2v) is 8.42. The molecule has 0 bridgehead atoms. The van der Waals surface area contributed by atoms with Gasteiger partial charge in [-0.2, -0.15) is 0 Å². The summed E-state index contributed by atoms with van der Waals surface area (Å²) in [6, 6.07) is 0. The first kappa shape index (κ1) is 14.3. The Labute approximate surface area is 129 Å². The van der Waals surface area contributed by atoms with Crippen LogP contribution in [0, 0.1) is 22.7 Å². The first-order valence-electron chi connectivity index (χ1n) is 8.97. The third-order valence-electron chi connectivity index (χ3n) is 7.64. The number of allylic oxidation sites excluding steroid dienone is 1. The van der Waals surface area contributed by atoms with Gasteiger partial charge in [-0.25, -0.2) is 0 Å². The molecule has 2 heteroatoms. The van der Waals surface area contributed by atoms with E-state index in [1.54, 1.807) is 0 Å². The molecule has 3 aliphatic carbocycles. The number of hydrogen-bond acceptors (Lipinski definition) is 2. The second-order valence-electron chi connectivity index (χ2n) is 8.42. The summed E-state index contributed by atoms with van der Waals surface area (Å²) in [5.74, 6) is 1.19. The molecule has 0 aromatic heterocycles. The summed E-state index contributed by atoms with van der Waals surface area (Å²) in [6.45, 7) is 11.0. The van der Waals surface area contributed by atoms with Gasteiger partial charge in [0.15, 0.2) is 5.79 Å². The molecule has 0 aromatic carbocycles. The normalized spacial score (nSPS) is 49.0. The van der Waals surface area contributed by atoms with Gasteiger partial charge in [-0.05, 0) is 62.2 Å². The van der Waals surface area contributed by atoms with Crippen LogP contribution in [-0.4, -0.2) is 19.0 Å². The third-order valence-corrected chi connectivity index (χ3v) is 7.64. The van der Waals surface area contributed by atoms with Crippen LogP contribution in [0.15, 0.2) is 12.2 Å². The van der Waals surface area contributed by atoms with Crippen molar-refractivity contribution in [1.82, 2.24) is 0 Å². The minimum atomic E-state index is -0.275.